The van der Waals surface area contributed by atoms with Crippen molar-refractivity contribution in [3.63, 3.8) is 0 Å². The summed E-state index contributed by atoms with van der Waals surface area (Å²) in [4.78, 5) is 31.4. The normalized spacial score (nSPS) is 11.5. The molecule has 0 aliphatic rings. The lowest BCUT2D eigenvalue weighted by Crippen LogP contribution is -2.47. The van der Waals surface area contributed by atoms with Crippen LogP contribution >= 0.6 is 0 Å². The van der Waals surface area contributed by atoms with Gasteiger partial charge in [0.05, 0.1) is 17.6 Å². The summed E-state index contributed by atoms with van der Waals surface area (Å²) < 4.78 is 2.10. The Hall–Kier alpha value is -3.15. The van der Waals surface area contributed by atoms with Gasteiger partial charge in [0, 0.05) is 30.6 Å². The van der Waals surface area contributed by atoms with E-state index >= 15 is 0 Å². The first kappa shape index (κ1) is 21.6. The van der Waals surface area contributed by atoms with Crippen LogP contribution in [0.15, 0.2) is 54.6 Å². The predicted molar refractivity (Wildman–Crippen MR) is 120 cm³/mol. The maximum absolute atomic E-state index is 12.8. The van der Waals surface area contributed by atoms with E-state index in [4.69, 9.17) is 4.98 Å². The number of likely N-dealkylation sites (N-methyl/N-ethyl adjacent to an activating group) is 1. The number of benzene rings is 2. The molecule has 0 aliphatic heterocycles. The number of carbonyl (C=O) groups is 2. The van der Waals surface area contributed by atoms with Gasteiger partial charge in [0.15, 0.2) is 0 Å². The molecule has 3 rings (SSSR count). The highest BCUT2D eigenvalue weighted by Crippen LogP contribution is 2.22. The van der Waals surface area contributed by atoms with Crippen LogP contribution in [0.25, 0.3) is 16.7 Å². The Labute approximate surface area is 177 Å². The molecule has 0 spiro atoms. The minimum atomic E-state index is -0.319. The monoisotopic (exact) mass is 406 g/mol. The summed E-state index contributed by atoms with van der Waals surface area (Å²) >= 11 is 0. The molecule has 0 saturated carbocycles. The van der Waals surface area contributed by atoms with Crippen molar-refractivity contribution in [2.75, 3.05) is 13.1 Å². The van der Waals surface area contributed by atoms with Crippen LogP contribution in [-0.4, -0.2) is 44.9 Å². The van der Waals surface area contributed by atoms with Crippen LogP contribution in [-0.2, 0) is 16.0 Å². The first-order valence-corrected chi connectivity index (χ1v) is 10.4. The Bertz CT molecular complexity index is 1020. The topological polar surface area (TPSA) is 67.2 Å². The molecular formula is C24H30N4O2. The van der Waals surface area contributed by atoms with Gasteiger partial charge in [0.1, 0.15) is 5.82 Å². The van der Waals surface area contributed by atoms with Crippen LogP contribution in [0.3, 0.4) is 0 Å². The lowest BCUT2D eigenvalue weighted by atomic mass is 10.1. The van der Waals surface area contributed by atoms with Gasteiger partial charge in [-0.05, 0) is 52.0 Å². The van der Waals surface area contributed by atoms with E-state index in [1.165, 1.54) is 0 Å². The minimum Gasteiger partial charge on any atom is -0.350 e. The second-order valence-electron chi connectivity index (χ2n) is 8.39. The molecule has 1 aromatic heterocycles. The Kier molecular flexibility index (Phi) is 6.55. The van der Waals surface area contributed by atoms with Crippen molar-refractivity contribution in [2.24, 2.45) is 0 Å². The zero-order valence-electron chi connectivity index (χ0n) is 18.2. The van der Waals surface area contributed by atoms with Crippen molar-refractivity contribution in [1.82, 2.24) is 19.8 Å². The number of aromatic nitrogens is 2. The van der Waals surface area contributed by atoms with Gasteiger partial charge in [-0.3, -0.25) is 14.2 Å². The van der Waals surface area contributed by atoms with Crippen LogP contribution in [0.2, 0.25) is 0 Å². The van der Waals surface area contributed by atoms with Crippen LogP contribution in [0.1, 0.15) is 39.9 Å². The third-order valence-corrected chi connectivity index (χ3v) is 4.79. The highest BCUT2D eigenvalue weighted by Gasteiger charge is 2.20. The van der Waals surface area contributed by atoms with Crippen LogP contribution < -0.4 is 5.32 Å². The maximum atomic E-state index is 12.8. The molecule has 6 nitrogen and oxygen atoms in total. The molecule has 0 bridgehead atoms. The van der Waals surface area contributed by atoms with Crippen LogP contribution in [0.4, 0.5) is 0 Å². The number of para-hydroxylation sites is 3. The SMILES string of the molecule is CCN(CC(=O)NC(C)(C)C)C(=O)CCc1nc2ccccc2n1-c1ccccc1. The third kappa shape index (κ3) is 5.26. The maximum Gasteiger partial charge on any atom is 0.240 e. The summed E-state index contributed by atoms with van der Waals surface area (Å²) in [6.07, 6.45) is 0.798. The number of imidazole rings is 1. The lowest BCUT2D eigenvalue weighted by molar-refractivity contribution is -0.136. The number of nitrogens with one attached hydrogen (secondary N) is 1. The highest BCUT2D eigenvalue weighted by atomic mass is 16.2. The van der Waals surface area contributed by atoms with Crippen LogP contribution in [0.5, 0.6) is 0 Å². The molecule has 0 fully saturated rings. The van der Waals surface area contributed by atoms with E-state index < -0.39 is 0 Å². The number of hydrogen-bond acceptors (Lipinski definition) is 3. The zero-order chi connectivity index (χ0) is 21.7. The van der Waals surface area contributed by atoms with Gasteiger partial charge < -0.3 is 10.2 Å². The average Bonchev–Trinajstić information content (AvgIpc) is 3.08. The quantitative estimate of drug-likeness (QED) is 0.650. The molecule has 0 saturated heterocycles. The van der Waals surface area contributed by atoms with E-state index in [9.17, 15) is 9.59 Å². The molecule has 3 aromatic rings. The molecule has 30 heavy (non-hydrogen) atoms. The lowest BCUT2D eigenvalue weighted by Gasteiger charge is -2.25. The van der Waals surface area contributed by atoms with Crippen molar-refractivity contribution < 1.29 is 9.59 Å². The summed E-state index contributed by atoms with van der Waals surface area (Å²) in [5.74, 6) is 0.647. The molecule has 0 unspecified atom stereocenters. The second kappa shape index (κ2) is 9.11. The first-order valence-electron chi connectivity index (χ1n) is 10.4. The average molecular weight is 407 g/mol. The fourth-order valence-corrected chi connectivity index (χ4v) is 3.49. The fraction of sp³-hybridized carbons (Fsp3) is 0.375. The molecule has 0 aliphatic carbocycles. The number of aryl methyl sites for hydroxylation is 1. The summed E-state index contributed by atoms with van der Waals surface area (Å²) in [6, 6.07) is 18.0. The van der Waals surface area contributed by atoms with Gasteiger partial charge >= 0.3 is 0 Å². The molecule has 1 heterocycles. The van der Waals surface area contributed by atoms with Gasteiger partial charge in [-0.2, -0.15) is 0 Å². The highest BCUT2D eigenvalue weighted by molar-refractivity contribution is 5.85. The predicted octanol–water partition coefficient (Wildman–Crippen LogP) is 3.72. The molecule has 2 amide bonds. The van der Waals surface area contributed by atoms with Gasteiger partial charge in [-0.25, -0.2) is 4.98 Å². The molecular weight excluding hydrogens is 376 g/mol. The van der Waals surface area contributed by atoms with E-state index in [1.54, 1.807) is 4.90 Å². The van der Waals surface area contributed by atoms with E-state index in [0.29, 0.717) is 19.4 Å². The Balaban J connectivity index is 1.76. The molecule has 1 N–H and O–H groups in total. The molecule has 0 radical (unpaired) electrons. The number of fused-ring (bicyclic) bond motifs is 1. The first-order chi connectivity index (χ1) is 14.3. The largest absolute Gasteiger partial charge is 0.350 e. The summed E-state index contributed by atoms with van der Waals surface area (Å²) in [5, 5.41) is 2.91. The molecule has 158 valence electrons. The Morgan fingerprint density at radius 2 is 1.70 bits per heavy atom. The number of nitrogens with zero attached hydrogens (tertiary/aromatic N) is 3. The summed E-state index contributed by atoms with van der Waals surface area (Å²) in [7, 11) is 0. The minimum absolute atomic E-state index is 0.0479. The number of hydrogen-bond donors (Lipinski definition) is 1. The van der Waals surface area contributed by atoms with Crippen molar-refractivity contribution in [2.45, 2.75) is 46.1 Å². The van der Waals surface area contributed by atoms with Crippen LogP contribution in [0, 0.1) is 0 Å². The zero-order valence-corrected chi connectivity index (χ0v) is 18.2. The van der Waals surface area contributed by atoms with E-state index in [2.05, 4.69) is 9.88 Å². The third-order valence-electron chi connectivity index (χ3n) is 4.79. The Morgan fingerprint density at radius 3 is 2.37 bits per heavy atom. The van der Waals surface area contributed by atoms with Gasteiger partial charge in [0.2, 0.25) is 11.8 Å². The molecule has 2 aromatic carbocycles. The second-order valence-corrected chi connectivity index (χ2v) is 8.39. The van der Waals surface area contributed by atoms with Gasteiger partial charge in [0.25, 0.3) is 0 Å². The standard InChI is InChI=1S/C24H30N4O2/c1-5-27(17-22(29)26-24(2,3)4)23(30)16-15-21-25-19-13-9-10-14-20(19)28(21)18-11-7-6-8-12-18/h6-14H,5,15-17H2,1-4H3,(H,26,29). The smallest absolute Gasteiger partial charge is 0.240 e. The molecule has 6 heteroatoms. The van der Waals surface area contributed by atoms with E-state index in [1.807, 2.05) is 82.3 Å². The number of amides is 2. The fourth-order valence-electron chi connectivity index (χ4n) is 3.49. The van der Waals surface area contributed by atoms with Crippen molar-refractivity contribution in [3.8, 4) is 5.69 Å². The van der Waals surface area contributed by atoms with E-state index in [-0.39, 0.29) is 23.9 Å². The molecule has 0 atom stereocenters. The van der Waals surface area contributed by atoms with Gasteiger partial charge in [-0.15, -0.1) is 0 Å². The van der Waals surface area contributed by atoms with E-state index in [0.717, 1.165) is 22.5 Å². The summed E-state index contributed by atoms with van der Waals surface area (Å²) in [6.45, 7) is 8.24. The van der Waals surface area contributed by atoms with Gasteiger partial charge in [-0.1, -0.05) is 30.3 Å². The van der Waals surface area contributed by atoms with Crippen molar-refractivity contribution in [3.05, 3.63) is 60.4 Å². The number of carbonyl (C=O) groups excluding carboxylic acids is 2. The van der Waals surface area contributed by atoms with Crippen molar-refractivity contribution in [1.29, 1.82) is 0 Å². The number of rotatable bonds is 7. The Morgan fingerprint density at radius 1 is 1.03 bits per heavy atom. The van der Waals surface area contributed by atoms with Crippen molar-refractivity contribution >= 4 is 22.8 Å². The summed E-state index contributed by atoms with van der Waals surface area (Å²) in [5.41, 5.74) is 2.62.